The molecule has 3 aromatic carbocycles. The largest absolute Gasteiger partial charge is 0.491 e. The summed E-state index contributed by atoms with van der Waals surface area (Å²) in [6, 6.07) is 18.6. The van der Waals surface area contributed by atoms with Crippen LogP contribution in [0, 0.1) is 11.6 Å². The summed E-state index contributed by atoms with van der Waals surface area (Å²) in [5.74, 6) is -2.14. The van der Waals surface area contributed by atoms with Crippen LogP contribution in [0.2, 0.25) is 0 Å². The molecule has 3 aliphatic rings. The molecule has 0 spiro atoms. The second kappa shape index (κ2) is 13.8. The third-order valence-corrected chi connectivity index (χ3v) is 9.82. The number of aromatic nitrogens is 5. The van der Waals surface area contributed by atoms with Crippen LogP contribution in [0.25, 0.3) is 5.69 Å². The van der Waals surface area contributed by atoms with E-state index in [1.807, 2.05) is 48.5 Å². The van der Waals surface area contributed by atoms with Crippen LogP contribution >= 0.6 is 0 Å². The highest BCUT2D eigenvalue weighted by Crippen LogP contribution is 2.38. The summed E-state index contributed by atoms with van der Waals surface area (Å²) in [6.45, 7) is 3.80. The van der Waals surface area contributed by atoms with Gasteiger partial charge in [0.1, 0.15) is 42.5 Å². The number of piperazine rings is 1. The molecule has 1 aliphatic carbocycles. The standard InChI is InChI=1S/C37H37F2N7O5/c38-26-4-13-32(33(39)20-26)37(23-42-15-14-40-24-42)50-22-31(51-37)21-49-30-11-9-28(10-12-30)44-18-16-43(17-19-44)27-5-7-29(8-6-27)45-25-41-46(36(45)48)34-2-1-3-35(34)47/h4-15,20,24-25,31,34H,1-3,16-19,21-23H2/t31-,34?,37-/m1/s1. The van der Waals surface area contributed by atoms with Crippen LogP contribution in [0.3, 0.4) is 0 Å². The SMILES string of the molecule is O=C1CCCC1n1ncn(-c2ccc(N3CCN(c4ccc(OC[C@@H]5CO[C@@](Cn6ccnc6)(c6ccc(F)cc6F)O5)cc4)CC3)cc2)c1=O. The molecule has 1 saturated carbocycles. The van der Waals surface area contributed by atoms with Gasteiger partial charge in [-0.1, -0.05) is 0 Å². The number of imidazole rings is 1. The third-order valence-electron chi connectivity index (χ3n) is 9.82. The molecule has 5 aromatic rings. The van der Waals surface area contributed by atoms with Crippen molar-refractivity contribution in [1.29, 1.82) is 0 Å². The van der Waals surface area contributed by atoms with Gasteiger partial charge in [-0.15, -0.1) is 0 Å². The van der Waals surface area contributed by atoms with Crippen molar-refractivity contribution < 1.29 is 27.8 Å². The Labute approximate surface area is 292 Å². The number of benzene rings is 3. The molecular formula is C37H37F2N7O5. The molecular weight excluding hydrogens is 660 g/mol. The second-order valence-electron chi connectivity index (χ2n) is 13.1. The molecule has 0 N–H and O–H groups in total. The van der Waals surface area contributed by atoms with Gasteiger partial charge in [-0.3, -0.25) is 4.79 Å². The van der Waals surface area contributed by atoms with E-state index in [0.29, 0.717) is 24.3 Å². The minimum Gasteiger partial charge on any atom is -0.491 e. The monoisotopic (exact) mass is 697 g/mol. The van der Waals surface area contributed by atoms with Crippen molar-refractivity contribution in [3.8, 4) is 11.4 Å². The van der Waals surface area contributed by atoms with Gasteiger partial charge in [-0.25, -0.2) is 27.8 Å². The molecule has 51 heavy (non-hydrogen) atoms. The first-order valence-corrected chi connectivity index (χ1v) is 17.1. The van der Waals surface area contributed by atoms with E-state index in [2.05, 4.69) is 19.9 Å². The minimum atomic E-state index is -1.46. The molecule has 2 aliphatic heterocycles. The lowest BCUT2D eigenvalue weighted by atomic mass is 10.0. The van der Waals surface area contributed by atoms with Crippen molar-refractivity contribution in [2.24, 2.45) is 0 Å². The number of carbonyl (C=O) groups excluding carboxylic acids is 1. The van der Waals surface area contributed by atoms with E-state index in [4.69, 9.17) is 14.2 Å². The molecule has 14 heteroatoms. The molecule has 2 aromatic heterocycles. The first kappa shape index (κ1) is 32.8. The Hall–Kier alpha value is -5.34. The fourth-order valence-corrected chi connectivity index (χ4v) is 7.13. The van der Waals surface area contributed by atoms with Crippen LogP contribution in [-0.4, -0.2) is 75.2 Å². The Bertz CT molecular complexity index is 2040. The number of ketones is 1. The van der Waals surface area contributed by atoms with E-state index in [0.717, 1.165) is 50.0 Å². The topological polar surface area (TPSA) is 109 Å². The van der Waals surface area contributed by atoms with Crippen molar-refractivity contribution in [2.45, 2.75) is 43.7 Å². The number of rotatable bonds is 10. The Morgan fingerprint density at radius 2 is 1.59 bits per heavy atom. The molecule has 0 amide bonds. The highest BCUT2D eigenvalue weighted by atomic mass is 19.1. The normalized spacial score (nSPS) is 22.2. The summed E-state index contributed by atoms with van der Waals surface area (Å²) >= 11 is 0. The maximum Gasteiger partial charge on any atom is 0.351 e. The van der Waals surface area contributed by atoms with Gasteiger partial charge in [-0.2, -0.15) is 5.10 Å². The lowest BCUT2D eigenvalue weighted by Gasteiger charge is -2.37. The van der Waals surface area contributed by atoms with Gasteiger partial charge >= 0.3 is 5.69 Å². The second-order valence-corrected chi connectivity index (χ2v) is 13.1. The first-order chi connectivity index (χ1) is 24.8. The summed E-state index contributed by atoms with van der Waals surface area (Å²) < 4.78 is 51.5. The maximum absolute atomic E-state index is 14.9. The lowest BCUT2D eigenvalue weighted by molar-refractivity contribution is -0.191. The highest BCUT2D eigenvalue weighted by Gasteiger charge is 2.46. The third kappa shape index (κ3) is 6.64. The van der Waals surface area contributed by atoms with E-state index < -0.39 is 29.6 Å². The van der Waals surface area contributed by atoms with E-state index in [-0.39, 0.29) is 36.8 Å². The molecule has 2 saturated heterocycles. The molecule has 0 radical (unpaired) electrons. The van der Waals surface area contributed by atoms with Gasteiger partial charge in [0.2, 0.25) is 5.79 Å². The van der Waals surface area contributed by atoms with Crippen LogP contribution in [0.15, 0.2) is 96.6 Å². The van der Waals surface area contributed by atoms with Crippen molar-refractivity contribution in [2.75, 3.05) is 49.2 Å². The number of halogens is 2. The van der Waals surface area contributed by atoms with Gasteiger partial charge in [0.25, 0.3) is 0 Å². The molecule has 4 heterocycles. The highest BCUT2D eigenvalue weighted by molar-refractivity contribution is 5.84. The number of anilines is 2. The fourth-order valence-electron chi connectivity index (χ4n) is 7.13. The van der Waals surface area contributed by atoms with Gasteiger partial charge in [0, 0.05) is 68.0 Å². The average Bonchev–Trinajstić information content (AvgIpc) is 3.97. The Morgan fingerprint density at radius 1 is 0.882 bits per heavy atom. The predicted molar refractivity (Wildman–Crippen MR) is 183 cm³/mol. The number of hydrogen-bond donors (Lipinski definition) is 0. The Balaban J connectivity index is 0.847. The molecule has 3 fully saturated rings. The van der Waals surface area contributed by atoms with Crippen LogP contribution < -0.4 is 20.2 Å². The number of ether oxygens (including phenoxy) is 3. The smallest absolute Gasteiger partial charge is 0.351 e. The van der Waals surface area contributed by atoms with Gasteiger partial charge in [0.15, 0.2) is 5.78 Å². The van der Waals surface area contributed by atoms with Crippen molar-refractivity contribution >= 4 is 17.2 Å². The maximum atomic E-state index is 14.9. The summed E-state index contributed by atoms with van der Waals surface area (Å²) in [7, 11) is 0. The summed E-state index contributed by atoms with van der Waals surface area (Å²) in [5.41, 5.74) is 2.68. The van der Waals surface area contributed by atoms with Gasteiger partial charge < -0.3 is 28.6 Å². The van der Waals surface area contributed by atoms with Crippen LogP contribution in [0.4, 0.5) is 20.2 Å². The van der Waals surface area contributed by atoms with Crippen LogP contribution in [-0.2, 0) is 26.6 Å². The zero-order valence-electron chi connectivity index (χ0n) is 27.8. The van der Waals surface area contributed by atoms with Gasteiger partial charge in [-0.05, 0) is 73.5 Å². The molecule has 1 unspecified atom stereocenters. The van der Waals surface area contributed by atoms with Crippen molar-refractivity contribution in [3.63, 3.8) is 0 Å². The molecule has 0 bridgehead atoms. The molecule has 264 valence electrons. The zero-order chi connectivity index (χ0) is 35.0. The minimum absolute atomic E-state index is 0.0698. The fraction of sp³-hybridized carbons (Fsp3) is 0.351. The Morgan fingerprint density at radius 3 is 2.24 bits per heavy atom. The predicted octanol–water partition coefficient (Wildman–Crippen LogP) is 4.48. The number of hydrogen-bond acceptors (Lipinski definition) is 9. The van der Waals surface area contributed by atoms with E-state index >= 15 is 0 Å². The molecule has 3 atom stereocenters. The lowest BCUT2D eigenvalue weighted by Crippen LogP contribution is -2.46. The summed E-state index contributed by atoms with van der Waals surface area (Å²) in [5, 5.41) is 4.23. The number of nitrogens with zero attached hydrogens (tertiary/aromatic N) is 7. The van der Waals surface area contributed by atoms with E-state index in [1.54, 1.807) is 23.3 Å². The van der Waals surface area contributed by atoms with Crippen LogP contribution in [0.1, 0.15) is 30.9 Å². The van der Waals surface area contributed by atoms with Crippen LogP contribution in [0.5, 0.6) is 5.75 Å². The number of Topliss-reactive ketones (excluding diaryl/α,β-unsaturated/α-hetero) is 1. The number of carbonyl (C=O) groups is 1. The molecule has 8 rings (SSSR count). The van der Waals surface area contributed by atoms with E-state index in [1.165, 1.54) is 27.7 Å². The Kier molecular flexibility index (Phi) is 8.86. The first-order valence-electron chi connectivity index (χ1n) is 17.1. The summed E-state index contributed by atoms with van der Waals surface area (Å²) in [6.07, 6.45) is 7.87. The van der Waals surface area contributed by atoms with Gasteiger partial charge in [0.05, 0.1) is 25.2 Å². The quantitative estimate of drug-likeness (QED) is 0.209. The average molecular weight is 698 g/mol. The van der Waals surface area contributed by atoms with E-state index in [9.17, 15) is 18.4 Å². The van der Waals surface area contributed by atoms with Crippen molar-refractivity contribution in [1.82, 2.24) is 23.9 Å². The zero-order valence-corrected chi connectivity index (χ0v) is 27.8. The molecule has 12 nitrogen and oxygen atoms in total. The summed E-state index contributed by atoms with van der Waals surface area (Å²) in [4.78, 5) is 33.8. The van der Waals surface area contributed by atoms with Crippen molar-refractivity contribution in [3.05, 3.63) is 119 Å².